The number of para-hydroxylation sites is 1. The summed E-state index contributed by atoms with van der Waals surface area (Å²) >= 11 is 0. The molecule has 2 aromatic carbocycles. The van der Waals surface area contributed by atoms with Gasteiger partial charge in [-0.05, 0) is 28.8 Å². The number of aromatic nitrogens is 4. The van der Waals surface area contributed by atoms with Gasteiger partial charge < -0.3 is 9.47 Å². The number of benzene rings is 2. The molecule has 0 amide bonds. The Morgan fingerprint density at radius 1 is 1.04 bits per heavy atom. The normalized spacial score (nSPS) is 10.9. The maximum atomic E-state index is 11.8. The summed E-state index contributed by atoms with van der Waals surface area (Å²) in [5.74, 6) is 1.59. The number of aromatic amines is 1. The molecule has 2 aromatic heterocycles. The summed E-state index contributed by atoms with van der Waals surface area (Å²) in [5.41, 5.74) is 3.93. The fourth-order valence-corrected chi connectivity index (χ4v) is 3.14. The second kappa shape index (κ2) is 6.95. The van der Waals surface area contributed by atoms with Crippen molar-refractivity contribution in [1.29, 1.82) is 0 Å². The largest absolute Gasteiger partial charge is 0.496 e. The van der Waals surface area contributed by atoms with E-state index in [-0.39, 0.29) is 5.69 Å². The highest BCUT2D eigenvalue weighted by molar-refractivity contribution is 5.77. The van der Waals surface area contributed by atoms with E-state index in [4.69, 9.17) is 9.47 Å². The van der Waals surface area contributed by atoms with Gasteiger partial charge in [-0.1, -0.05) is 30.3 Å². The van der Waals surface area contributed by atoms with E-state index in [1.165, 1.54) is 10.8 Å². The van der Waals surface area contributed by atoms with E-state index in [1.807, 2.05) is 42.5 Å². The van der Waals surface area contributed by atoms with Gasteiger partial charge in [0.1, 0.15) is 11.5 Å². The molecule has 0 fully saturated rings. The highest BCUT2D eigenvalue weighted by Gasteiger charge is 2.13. The fraction of sp³-hybridized carbons (Fsp3) is 0.150. The summed E-state index contributed by atoms with van der Waals surface area (Å²) in [4.78, 5) is 18.6. The van der Waals surface area contributed by atoms with Crippen LogP contribution in [0, 0.1) is 0 Å². The van der Waals surface area contributed by atoms with Crippen LogP contribution in [0.3, 0.4) is 0 Å². The summed E-state index contributed by atoms with van der Waals surface area (Å²) < 4.78 is 12.3. The van der Waals surface area contributed by atoms with E-state index in [2.05, 4.69) is 15.1 Å². The predicted molar refractivity (Wildman–Crippen MR) is 101 cm³/mol. The lowest BCUT2D eigenvalue weighted by Gasteiger charge is -2.12. The van der Waals surface area contributed by atoms with Crippen molar-refractivity contribution >= 4 is 5.65 Å². The van der Waals surface area contributed by atoms with Crippen LogP contribution in [0.1, 0.15) is 11.1 Å². The number of ether oxygens (including phenoxy) is 2. The maximum Gasteiger partial charge on any atom is 0.349 e. The minimum atomic E-state index is -0.328. The Bertz CT molecular complexity index is 1160. The van der Waals surface area contributed by atoms with Crippen molar-refractivity contribution in [3.63, 3.8) is 0 Å². The molecular formula is C20H18N4O3. The Kier molecular flexibility index (Phi) is 4.33. The molecule has 0 aliphatic carbocycles. The van der Waals surface area contributed by atoms with Crippen molar-refractivity contribution in [3.05, 3.63) is 76.6 Å². The van der Waals surface area contributed by atoms with Gasteiger partial charge in [-0.3, -0.25) is 4.98 Å². The monoisotopic (exact) mass is 362 g/mol. The van der Waals surface area contributed by atoms with E-state index >= 15 is 0 Å². The number of nitrogens with one attached hydrogen (secondary N) is 1. The van der Waals surface area contributed by atoms with Gasteiger partial charge >= 0.3 is 5.69 Å². The van der Waals surface area contributed by atoms with Crippen LogP contribution in [0.15, 0.2) is 59.8 Å². The van der Waals surface area contributed by atoms with Gasteiger partial charge in [0.25, 0.3) is 0 Å². The molecule has 1 N–H and O–H groups in total. The molecule has 0 aliphatic heterocycles. The van der Waals surface area contributed by atoms with Crippen molar-refractivity contribution in [2.45, 2.75) is 6.42 Å². The Morgan fingerprint density at radius 2 is 1.81 bits per heavy atom. The minimum Gasteiger partial charge on any atom is -0.496 e. The number of rotatable bonds is 5. The number of fused-ring (bicyclic) bond motifs is 1. The molecule has 0 spiro atoms. The Morgan fingerprint density at radius 3 is 2.63 bits per heavy atom. The van der Waals surface area contributed by atoms with Crippen LogP contribution in [-0.4, -0.2) is 33.8 Å². The topological polar surface area (TPSA) is 81.5 Å². The zero-order chi connectivity index (χ0) is 18.8. The third-order valence-corrected chi connectivity index (χ3v) is 4.48. The molecule has 0 aliphatic rings. The van der Waals surface area contributed by atoms with Crippen molar-refractivity contribution in [2.75, 3.05) is 14.2 Å². The van der Waals surface area contributed by atoms with Gasteiger partial charge in [-0.2, -0.15) is 9.61 Å². The number of nitrogens with zero attached hydrogens (tertiary/aromatic N) is 3. The van der Waals surface area contributed by atoms with Gasteiger partial charge in [0.2, 0.25) is 0 Å². The zero-order valence-electron chi connectivity index (χ0n) is 15.0. The fourth-order valence-electron chi connectivity index (χ4n) is 3.14. The molecule has 0 bridgehead atoms. The minimum absolute atomic E-state index is 0.328. The first-order chi connectivity index (χ1) is 13.2. The smallest absolute Gasteiger partial charge is 0.349 e. The predicted octanol–water partition coefficient (Wildman–Crippen LogP) is 2.69. The molecule has 0 unspecified atom stereocenters. The lowest BCUT2D eigenvalue weighted by molar-refractivity contribution is 0.405. The van der Waals surface area contributed by atoms with Crippen molar-refractivity contribution in [2.24, 2.45) is 0 Å². The van der Waals surface area contributed by atoms with Crippen molar-refractivity contribution in [1.82, 2.24) is 19.6 Å². The van der Waals surface area contributed by atoms with Crippen LogP contribution < -0.4 is 15.2 Å². The standard InChI is InChI=1S/C20H18N4O3/c1-26-17-6-4-3-5-14(17)9-15-8-7-13(10-18(15)27-2)16-11-23-24-19(16)21-12-22-20(24)25/h3-8,10-12H,9H2,1-2H3,(H,21,22,25). The lowest BCUT2D eigenvalue weighted by atomic mass is 9.99. The van der Waals surface area contributed by atoms with Crippen LogP contribution in [0.5, 0.6) is 11.5 Å². The van der Waals surface area contributed by atoms with Gasteiger partial charge in [0.05, 0.1) is 26.7 Å². The first-order valence-electron chi connectivity index (χ1n) is 8.42. The third-order valence-electron chi connectivity index (χ3n) is 4.48. The third kappa shape index (κ3) is 3.03. The highest BCUT2D eigenvalue weighted by atomic mass is 16.5. The molecule has 2 heterocycles. The van der Waals surface area contributed by atoms with E-state index in [1.54, 1.807) is 20.4 Å². The average Bonchev–Trinajstić information content (AvgIpc) is 3.14. The SMILES string of the molecule is COc1ccccc1Cc1ccc(-c2cnn3c(=O)[nH]cnc23)cc1OC. The first kappa shape index (κ1) is 16.8. The average molecular weight is 362 g/mol. The number of H-pyrrole nitrogens is 1. The molecule has 4 rings (SSSR count). The van der Waals surface area contributed by atoms with Gasteiger partial charge in [-0.15, -0.1) is 0 Å². The van der Waals surface area contributed by atoms with Crippen LogP contribution in [0.25, 0.3) is 16.8 Å². The van der Waals surface area contributed by atoms with E-state index in [0.29, 0.717) is 12.1 Å². The molecule has 7 nitrogen and oxygen atoms in total. The van der Waals surface area contributed by atoms with Crippen LogP contribution in [-0.2, 0) is 6.42 Å². The molecule has 0 atom stereocenters. The number of hydrogen-bond donors (Lipinski definition) is 1. The van der Waals surface area contributed by atoms with Crippen LogP contribution in [0.2, 0.25) is 0 Å². The summed E-state index contributed by atoms with van der Waals surface area (Å²) in [6, 6.07) is 13.8. The first-order valence-corrected chi connectivity index (χ1v) is 8.42. The van der Waals surface area contributed by atoms with Gasteiger partial charge in [-0.25, -0.2) is 9.78 Å². The molecule has 136 valence electrons. The maximum absolute atomic E-state index is 11.8. The Hall–Kier alpha value is -3.61. The molecule has 0 saturated heterocycles. The Balaban J connectivity index is 1.75. The second-order valence-electron chi connectivity index (χ2n) is 6.02. The molecule has 0 radical (unpaired) electrons. The summed E-state index contributed by atoms with van der Waals surface area (Å²) in [5, 5.41) is 4.12. The highest BCUT2D eigenvalue weighted by Crippen LogP contribution is 2.31. The van der Waals surface area contributed by atoms with E-state index < -0.39 is 0 Å². The molecular weight excluding hydrogens is 344 g/mol. The summed E-state index contributed by atoms with van der Waals surface area (Å²) in [7, 11) is 3.31. The van der Waals surface area contributed by atoms with E-state index in [9.17, 15) is 4.79 Å². The second-order valence-corrected chi connectivity index (χ2v) is 6.02. The summed E-state index contributed by atoms with van der Waals surface area (Å²) in [6.45, 7) is 0. The van der Waals surface area contributed by atoms with Crippen molar-refractivity contribution < 1.29 is 9.47 Å². The quantitative estimate of drug-likeness (QED) is 0.590. The Labute approximate surface area is 155 Å². The van der Waals surface area contributed by atoms with Crippen molar-refractivity contribution in [3.8, 4) is 22.6 Å². The molecule has 0 saturated carbocycles. The molecule has 7 heteroatoms. The number of hydrogen-bond acceptors (Lipinski definition) is 5. The molecule has 4 aromatic rings. The van der Waals surface area contributed by atoms with Crippen LogP contribution in [0.4, 0.5) is 0 Å². The zero-order valence-corrected chi connectivity index (χ0v) is 15.0. The van der Waals surface area contributed by atoms with Gasteiger partial charge in [0, 0.05) is 12.0 Å². The van der Waals surface area contributed by atoms with Crippen LogP contribution >= 0.6 is 0 Å². The summed E-state index contributed by atoms with van der Waals surface area (Å²) in [6.07, 6.45) is 3.68. The lowest BCUT2D eigenvalue weighted by Crippen LogP contribution is -2.17. The van der Waals surface area contributed by atoms with E-state index in [0.717, 1.165) is 33.8 Å². The molecule has 27 heavy (non-hydrogen) atoms. The van der Waals surface area contributed by atoms with Gasteiger partial charge in [0.15, 0.2) is 5.65 Å². The number of methoxy groups -OCH3 is 2.